The van der Waals surface area contributed by atoms with Crippen LogP contribution in [0.5, 0.6) is 5.75 Å². The summed E-state index contributed by atoms with van der Waals surface area (Å²) in [5.41, 5.74) is 0.432. The molecule has 0 aliphatic rings. The summed E-state index contributed by atoms with van der Waals surface area (Å²) in [6, 6.07) is 9.46. The van der Waals surface area contributed by atoms with Crippen molar-refractivity contribution < 1.29 is 23.5 Å². The molecule has 144 valence electrons. The second kappa shape index (κ2) is 9.42. The van der Waals surface area contributed by atoms with Gasteiger partial charge in [-0.25, -0.2) is 0 Å². The van der Waals surface area contributed by atoms with Crippen LogP contribution in [0.15, 0.2) is 40.8 Å². The first kappa shape index (κ1) is 20.0. The van der Waals surface area contributed by atoms with Crippen LogP contribution in [-0.4, -0.2) is 30.9 Å². The minimum Gasteiger partial charge on any atom is -0.484 e. The van der Waals surface area contributed by atoms with Crippen LogP contribution in [0.3, 0.4) is 0 Å². The zero-order valence-electron chi connectivity index (χ0n) is 15.5. The Labute approximate surface area is 157 Å². The average Bonchev–Trinajstić information content (AvgIpc) is 3.08. The number of carbonyl (C=O) groups excluding carboxylic acids is 3. The SMILES string of the molecule is CCNC(=O)COc1ccc(NC(=O)C(=O)N[C@@H](C)c2ccc(C)o2)cc1. The van der Waals surface area contributed by atoms with Crippen molar-refractivity contribution in [1.82, 2.24) is 10.6 Å². The molecule has 8 heteroatoms. The molecule has 0 spiro atoms. The summed E-state index contributed by atoms with van der Waals surface area (Å²) in [7, 11) is 0. The number of amides is 3. The molecule has 1 aromatic carbocycles. The van der Waals surface area contributed by atoms with Crippen LogP contribution in [0.2, 0.25) is 0 Å². The number of anilines is 1. The molecule has 8 nitrogen and oxygen atoms in total. The van der Waals surface area contributed by atoms with Crippen LogP contribution in [0.4, 0.5) is 5.69 Å². The molecule has 0 fully saturated rings. The molecule has 1 atom stereocenters. The van der Waals surface area contributed by atoms with Gasteiger partial charge in [-0.2, -0.15) is 0 Å². The predicted molar refractivity (Wildman–Crippen MR) is 99.3 cm³/mol. The molecule has 0 saturated carbocycles. The maximum atomic E-state index is 12.0. The highest BCUT2D eigenvalue weighted by Crippen LogP contribution is 2.17. The van der Waals surface area contributed by atoms with Gasteiger partial charge in [0, 0.05) is 12.2 Å². The van der Waals surface area contributed by atoms with E-state index in [0.29, 0.717) is 23.7 Å². The average molecular weight is 373 g/mol. The molecule has 0 radical (unpaired) electrons. The van der Waals surface area contributed by atoms with Crippen molar-refractivity contribution in [1.29, 1.82) is 0 Å². The first-order valence-corrected chi connectivity index (χ1v) is 8.56. The second-order valence-electron chi connectivity index (χ2n) is 5.86. The highest BCUT2D eigenvalue weighted by molar-refractivity contribution is 6.39. The van der Waals surface area contributed by atoms with E-state index < -0.39 is 17.9 Å². The van der Waals surface area contributed by atoms with E-state index in [0.717, 1.165) is 5.76 Å². The number of ether oxygens (including phenoxy) is 1. The fourth-order valence-corrected chi connectivity index (χ4v) is 2.24. The lowest BCUT2D eigenvalue weighted by atomic mass is 10.2. The maximum Gasteiger partial charge on any atom is 0.313 e. The lowest BCUT2D eigenvalue weighted by molar-refractivity contribution is -0.136. The Morgan fingerprint density at radius 1 is 1.07 bits per heavy atom. The molecule has 0 aliphatic heterocycles. The smallest absolute Gasteiger partial charge is 0.313 e. The number of benzene rings is 1. The molecule has 3 amide bonds. The van der Waals surface area contributed by atoms with Crippen LogP contribution in [0.25, 0.3) is 0 Å². The first-order chi connectivity index (χ1) is 12.9. The first-order valence-electron chi connectivity index (χ1n) is 8.56. The van der Waals surface area contributed by atoms with Crippen molar-refractivity contribution in [2.24, 2.45) is 0 Å². The molecule has 1 heterocycles. The number of likely N-dealkylation sites (N-methyl/N-ethyl adjacent to an activating group) is 1. The van der Waals surface area contributed by atoms with E-state index in [1.54, 1.807) is 50.2 Å². The molecule has 0 saturated heterocycles. The van der Waals surface area contributed by atoms with Crippen molar-refractivity contribution in [2.75, 3.05) is 18.5 Å². The van der Waals surface area contributed by atoms with E-state index in [1.165, 1.54) is 0 Å². The summed E-state index contributed by atoms with van der Waals surface area (Å²) in [5.74, 6) is -0.000492. The van der Waals surface area contributed by atoms with E-state index in [2.05, 4.69) is 16.0 Å². The Morgan fingerprint density at radius 2 is 1.78 bits per heavy atom. The van der Waals surface area contributed by atoms with Crippen molar-refractivity contribution in [3.05, 3.63) is 47.9 Å². The zero-order chi connectivity index (χ0) is 19.8. The molecule has 2 aromatic rings. The van der Waals surface area contributed by atoms with Gasteiger partial charge in [-0.1, -0.05) is 0 Å². The van der Waals surface area contributed by atoms with Gasteiger partial charge >= 0.3 is 11.8 Å². The molecule has 0 unspecified atom stereocenters. The minimum atomic E-state index is -0.791. The summed E-state index contributed by atoms with van der Waals surface area (Å²) >= 11 is 0. The third-order valence-electron chi connectivity index (χ3n) is 3.60. The number of nitrogens with one attached hydrogen (secondary N) is 3. The van der Waals surface area contributed by atoms with Crippen molar-refractivity contribution >= 4 is 23.4 Å². The van der Waals surface area contributed by atoms with E-state index in [1.807, 2.05) is 6.92 Å². The summed E-state index contributed by atoms with van der Waals surface area (Å²) in [6.45, 7) is 5.79. The zero-order valence-corrected chi connectivity index (χ0v) is 15.5. The van der Waals surface area contributed by atoms with E-state index in [-0.39, 0.29) is 12.5 Å². The number of furan rings is 1. The highest BCUT2D eigenvalue weighted by atomic mass is 16.5. The second-order valence-corrected chi connectivity index (χ2v) is 5.86. The summed E-state index contributed by atoms with van der Waals surface area (Å²) < 4.78 is 10.7. The topological polar surface area (TPSA) is 110 Å². The number of rotatable bonds is 7. The molecular weight excluding hydrogens is 350 g/mol. The van der Waals surface area contributed by atoms with Crippen LogP contribution in [0, 0.1) is 6.92 Å². The fraction of sp³-hybridized carbons (Fsp3) is 0.316. The van der Waals surface area contributed by atoms with Crippen LogP contribution in [0.1, 0.15) is 31.4 Å². The van der Waals surface area contributed by atoms with Crippen LogP contribution < -0.4 is 20.7 Å². The van der Waals surface area contributed by atoms with Crippen LogP contribution in [-0.2, 0) is 14.4 Å². The maximum absolute atomic E-state index is 12.0. The molecule has 0 bridgehead atoms. The third-order valence-corrected chi connectivity index (χ3v) is 3.60. The van der Waals surface area contributed by atoms with Gasteiger partial charge in [-0.3, -0.25) is 14.4 Å². The van der Waals surface area contributed by atoms with E-state index in [9.17, 15) is 14.4 Å². The van der Waals surface area contributed by atoms with Crippen molar-refractivity contribution in [3.63, 3.8) is 0 Å². The molecule has 3 N–H and O–H groups in total. The van der Waals surface area contributed by atoms with Gasteiger partial charge in [0.05, 0.1) is 6.04 Å². The van der Waals surface area contributed by atoms with Gasteiger partial charge in [-0.15, -0.1) is 0 Å². The largest absolute Gasteiger partial charge is 0.484 e. The standard InChI is InChI=1S/C19H23N3O5/c1-4-20-17(23)11-26-15-8-6-14(7-9-15)22-19(25)18(24)21-13(3)16-10-5-12(2)27-16/h5-10,13H,4,11H2,1-3H3,(H,20,23)(H,21,24)(H,22,25)/t13-/m0/s1. The van der Waals surface area contributed by atoms with E-state index in [4.69, 9.17) is 9.15 Å². The van der Waals surface area contributed by atoms with E-state index >= 15 is 0 Å². The lowest BCUT2D eigenvalue weighted by Crippen LogP contribution is -2.36. The van der Waals surface area contributed by atoms with Gasteiger partial charge in [0.1, 0.15) is 17.3 Å². The van der Waals surface area contributed by atoms with Gasteiger partial charge in [0.15, 0.2) is 6.61 Å². The van der Waals surface area contributed by atoms with Crippen molar-refractivity contribution in [3.8, 4) is 5.75 Å². The lowest BCUT2D eigenvalue weighted by Gasteiger charge is -2.12. The molecule has 2 rings (SSSR count). The van der Waals surface area contributed by atoms with Gasteiger partial charge in [-0.05, 0) is 57.2 Å². The van der Waals surface area contributed by atoms with Gasteiger partial charge in [0.25, 0.3) is 5.91 Å². The summed E-state index contributed by atoms with van der Waals surface area (Å²) in [4.78, 5) is 35.4. The Bertz CT molecular complexity index is 798. The molecular formula is C19H23N3O5. The molecule has 0 aliphatic carbocycles. The Morgan fingerprint density at radius 3 is 2.37 bits per heavy atom. The predicted octanol–water partition coefficient (Wildman–Crippen LogP) is 1.92. The summed E-state index contributed by atoms with van der Waals surface area (Å²) in [5, 5.41) is 7.69. The quantitative estimate of drug-likeness (QED) is 0.643. The highest BCUT2D eigenvalue weighted by Gasteiger charge is 2.19. The van der Waals surface area contributed by atoms with Gasteiger partial charge < -0.3 is 25.1 Å². The Kier molecular flexibility index (Phi) is 6.99. The Balaban J connectivity index is 1.84. The van der Waals surface area contributed by atoms with Gasteiger partial charge in [0.2, 0.25) is 0 Å². The van der Waals surface area contributed by atoms with Crippen molar-refractivity contribution in [2.45, 2.75) is 26.8 Å². The minimum absolute atomic E-state index is 0.0912. The monoisotopic (exact) mass is 373 g/mol. The summed E-state index contributed by atoms with van der Waals surface area (Å²) in [6.07, 6.45) is 0. The molecule has 1 aromatic heterocycles. The fourth-order valence-electron chi connectivity index (χ4n) is 2.24. The number of aryl methyl sites for hydroxylation is 1. The van der Waals surface area contributed by atoms with Crippen LogP contribution >= 0.6 is 0 Å². The number of hydrogen-bond donors (Lipinski definition) is 3. The Hall–Kier alpha value is -3.29. The number of carbonyl (C=O) groups is 3. The third kappa shape index (κ3) is 6.18. The number of hydrogen-bond acceptors (Lipinski definition) is 5. The molecule has 27 heavy (non-hydrogen) atoms. The normalized spacial score (nSPS) is 11.4.